The van der Waals surface area contributed by atoms with Gasteiger partial charge in [0.15, 0.2) is 0 Å². The van der Waals surface area contributed by atoms with Gasteiger partial charge in [-0.25, -0.2) is 4.79 Å². The van der Waals surface area contributed by atoms with Crippen LogP contribution in [0.25, 0.3) is 12.2 Å². The second-order valence-electron chi connectivity index (χ2n) is 9.53. The molecule has 4 rings (SSSR count). The number of ether oxygens (including phenoxy) is 2. The largest absolute Gasteiger partial charge is 0.491 e. The van der Waals surface area contributed by atoms with E-state index in [0.29, 0.717) is 24.5 Å². The van der Waals surface area contributed by atoms with Crippen molar-refractivity contribution in [2.75, 3.05) is 19.7 Å². The summed E-state index contributed by atoms with van der Waals surface area (Å²) in [7, 11) is 0. The molecule has 2 unspecified atom stereocenters. The Morgan fingerprint density at radius 1 is 1.18 bits per heavy atom. The normalized spacial score (nSPS) is 16.4. The van der Waals surface area contributed by atoms with E-state index >= 15 is 0 Å². The number of carbonyl (C=O) groups excluding carboxylic acids is 2. The maximum absolute atomic E-state index is 13.5. The highest BCUT2D eigenvalue weighted by Crippen LogP contribution is 2.34. The Hall–Kier alpha value is -4.30. The Morgan fingerprint density at radius 3 is 2.51 bits per heavy atom. The maximum atomic E-state index is 13.5. The van der Waals surface area contributed by atoms with Gasteiger partial charge in [0.1, 0.15) is 30.3 Å². The second kappa shape index (κ2) is 12.5. The Bertz CT molecular complexity index is 1440. The van der Waals surface area contributed by atoms with Gasteiger partial charge >= 0.3 is 6.09 Å². The van der Waals surface area contributed by atoms with Gasteiger partial charge in [-0.3, -0.25) is 9.69 Å². The quantitative estimate of drug-likeness (QED) is 0.416. The molecule has 2 atom stereocenters. The molecule has 1 aromatic heterocycles. The highest BCUT2D eigenvalue weighted by molar-refractivity contribution is 5.73. The van der Waals surface area contributed by atoms with Crippen molar-refractivity contribution in [1.29, 1.82) is 0 Å². The monoisotopic (exact) mass is 529 g/mol. The predicted molar refractivity (Wildman–Crippen MR) is 151 cm³/mol. The number of aromatic amines is 1. The van der Waals surface area contributed by atoms with E-state index in [1.807, 2.05) is 56.3 Å². The van der Waals surface area contributed by atoms with Gasteiger partial charge in [0, 0.05) is 31.1 Å². The van der Waals surface area contributed by atoms with Crippen molar-refractivity contribution in [3.8, 4) is 11.5 Å². The molecule has 2 amide bonds. The van der Waals surface area contributed by atoms with Crippen LogP contribution in [0.1, 0.15) is 42.3 Å². The first-order valence-electron chi connectivity index (χ1n) is 13.0. The van der Waals surface area contributed by atoms with Gasteiger partial charge in [-0.15, -0.1) is 0 Å². The first kappa shape index (κ1) is 27.7. The lowest BCUT2D eigenvalue weighted by Gasteiger charge is -2.35. The highest BCUT2D eigenvalue weighted by Gasteiger charge is 2.35. The topological polar surface area (TPSA) is 104 Å². The third kappa shape index (κ3) is 6.59. The van der Waals surface area contributed by atoms with Crippen molar-refractivity contribution in [1.82, 2.24) is 15.2 Å². The van der Waals surface area contributed by atoms with Crippen molar-refractivity contribution in [2.24, 2.45) is 0 Å². The molecule has 2 heterocycles. The summed E-state index contributed by atoms with van der Waals surface area (Å²) in [5, 5.41) is 14.7. The summed E-state index contributed by atoms with van der Waals surface area (Å²) in [5.74, 6) is 0.851. The van der Waals surface area contributed by atoms with Crippen LogP contribution in [0.15, 0.2) is 61.2 Å². The molecule has 8 nitrogen and oxygen atoms in total. The molecule has 0 bridgehead atoms. The maximum Gasteiger partial charge on any atom is 0.416 e. The molecule has 204 valence electrons. The van der Waals surface area contributed by atoms with Crippen LogP contribution in [0.2, 0.25) is 0 Å². The Labute approximate surface area is 228 Å². The molecule has 1 aliphatic heterocycles. The zero-order valence-corrected chi connectivity index (χ0v) is 22.6. The average molecular weight is 530 g/mol. The molecule has 0 radical (unpaired) electrons. The van der Waals surface area contributed by atoms with Gasteiger partial charge < -0.3 is 24.9 Å². The molecule has 0 fully saturated rings. The lowest BCUT2D eigenvalue weighted by atomic mass is 9.93. The number of benzene rings is 2. The molecule has 0 saturated heterocycles. The number of hydrogen-bond donors (Lipinski definition) is 3. The summed E-state index contributed by atoms with van der Waals surface area (Å²) in [6, 6.07) is 14.4. The lowest BCUT2D eigenvalue weighted by molar-refractivity contribution is -0.119. The van der Waals surface area contributed by atoms with E-state index < -0.39 is 18.2 Å². The number of fused-ring (bicyclic) bond motifs is 1. The van der Waals surface area contributed by atoms with E-state index in [4.69, 9.17) is 9.47 Å². The van der Waals surface area contributed by atoms with Gasteiger partial charge in [0.2, 0.25) is 5.91 Å². The number of allylic oxidation sites excluding steroid dienone is 1. The Kier molecular flexibility index (Phi) is 8.88. The lowest BCUT2D eigenvalue weighted by Crippen LogP contribution is -2.43. The third-order valence-electron chi connectivity index (χ3n) is 6.66. The van der Waals surface area contributed by atoms with Crippen molar-refractivity contribution in [2.45, 2.75) is 39.3 Å². The fourth-order valence-electron chi connectivity index (χ4n) is 4.76. The number of H-pyrrole nitrogens is 1. The molecule has 0 saturated carbocycles. The first-order chi connectivity index (χ1) is 18.8. The summed E-state index contributed by atoms with van der Waals surface area (Å²) >= 11 is 0. The zero-order chi connectivity index (χ0) is 27.9. The van der Waals surface area contributed by atoms with E-state index in [1.165, 1.54) is 6.92 Å². The van der Waals surface area contributed by atoms with Crippen molar-refractivity contribution in [3.05, 3.63) is 94.1 Å². The molecule has 8 heteroatoms. The summed E-state index contributed by atoms with van der Waals surface area (Å²) in [5.41, 5.74) is 4.07. The minimum absolute atomic E-state index is 0.0370. The fourth-order valence-corrected chi connectivity index (χ4v) is 4.76. The molecular formula is C31H35N3O5. The van der Waals surface area contributed by atoms with Gasteiger partial charge in [-0.05, 0) is 67.0 Å². The number of nitrogens with zero attached hydrogens (tertiary/aromatic N) is 1. The predicted octanol–water partition coefficient (Wildman–Crippen LogP) is 3.11. The van der Waals surface area contributed by atoms with Crippen LogP contribution in [-0.2, 0) is 11.2 Å². The van der Waals surface area contributed by atoms with E-state index in [9.17, 15) is 14.7 Å². The van der Waals surface area contributed by atoms with Crippen molar-refractivity contribution < 1.29 is 24.2 Å². The second-order valence-corrected chi connectivity index (χ2v) is 9.53. The first-order valence-corrected chi connectivity index (χ1v) is 13.0. The molecule has 39 heavy (non-hydrogen) atoms. The van der Waals surface area contributed by atoms with E-state index in [2.05, 4.69) is 23.0 Å². The number of amides is 2. The molecular weight excluding hydrogens is 494 g/mol. The summed E-state index contributed by atoms with van der Waals surface area (Å²) in [6.45, 7) is 9.87. The fraction of sp³-hybridized carbons (Fsp3) is 0.290. The van der Waals surface area contributed by atoms with E-state index in [0.717, 1.165) is 33.0 Å². The number of rotatable bonds is 8. The third-order valence-corrected chi connectivity index (χ3v) is 6.66. The van der Waals surface area contributed by atoms with E-state index in [1.54, 1.807) is 23.1 Å². The highest BCUT2D eigenvalue weighted by atomic mass is 16.6. The van der Waals surface area contributed by atoms with Gasteiger partial charge in [0.25, 0.3) is 0 Å². The number of aliphatic hydroxyl groups excluding tert-OH is 1. The standard InChI is InChI=1S/C31H35N3O5/c1-5-7-28-26(6-2)27-16-17-34(31(37)39-25-12-8-20(3)9-13-25)30(29(27)33-28)22-10-14-24(15-11-22)38-19-23(36)18-32-21(4)35/h5-15,23,30,33,36H,1,16-19H2,2-4H3,(H,32,35)/b26-6-,28-7+. The number of aliphatic hydroxyl groups is 1. The van der Waals surface area contributed by atoms with Gasteiger partial charge in [0.05, 0.1) is 0 Å². The number of aromatic nitrogens is 1. The van der Waals surface area contributed by atoms with Gasteiger partial charge in [-0.2, -0.15) is 0 Å². The van der Waals surface area contributed by atoms with Crippen LogP contribution in [0.4, 0.5) is 4.79 Å². The molecule has 3 aromatic rings. The van der Waals surface area contributed by atoms with E-state index in [-0.39, 0.29) is 19.1 Å². The molecule has 2 aromatic carbocycles. The van der Waals surface area contributed by atoms with Crippen molar-refractivity contribution in [3.63, 3.8) is 0 Å². The van der Waals surface area contributed by atoms with Crippen LogP contribution >= 0.6 is 0 Å². The molecule has 0 aliphatic carbocycles. The number of hydrogen-bond acceptors (Lipinski definition) is 5. The number of aryl methyl sites for hydroxylation is 1. The number of nitrogens with one attached hydrogen (secondary N) is 2. The molecule has 0 spiro atoms. The molecule has 1 aliphatic rings. The van der Waals surface area contributed by atoms with Crippen LogP contribution in [-0.4, -0.2) is 52.8 Å². The SMILES string of the molecule is C=C/C=c1/[nH]c2c(/c1=C/C)CCN(C(=O)Oc1ccc(C)cc1)C2c1ccc(OCC(O)CNC(C)=O)cc1. The minimum Gasteiger partial charge on any atom is -0.491 e. The number of carbonyl (C=O) groups is 2. The van der Waals surface area contributed by atoms with Crippen LogP contribution < -0.4 is 25.4 Å². The minimum atomic E-state index is -0.830. The molecule has 3 N–H and O–H groups in total. The van der Waals surface area contributed by atoms with Crippen LogP contribution in [0.5, 0.6) is 11.5 Å². The van der Waals surface area contributed by atoms with Gasteiger partial charge in [-0.1, -0.05) is 48.6 Å². The Morgan fingerprint density at radius 2 is 1.87 bits per heavy atom. The van der Waals surface area contributed by atoms with Crippen molar-refractivity contribution >= 4 is 24.2 Å². The summed E-state index contributed by atoms with van der Waals surface area (Å²) in [4.78, 5) is 29.8. The zero-order valence-electron chi connectivity index (χ0n) is 22.6. The summed E-state index contributed by atoms with van der Waals surface area (Å²) < 4.78 is 11.5. The van der Waals surface area contributed by atoms with Crippen LogP contribution in [0.3, 0.4) is 0 Å². The average Bonchev–Trinajstić information content (AvgIpc) is 3.29. The Balaban J connectivity index is 1.64. The summed E-state index contributed by atoms with van der Waals surface area (Å²) in [6.07, 6.45) is 5.18. The van der Waals surface area contributed by atoms with Crippen LogP contribution in [0, 0.1) is 6.92 Å². The smallest absolute Gasteiger partial charge is 0.416 e.